The predicted molar refractivity (Wildman–Crippen MR) is 113 cm³/mol. The average molecular weight is 404 g/mol. The molecule has 8 nitrogen and oxygen atoms in total. The van der Waals surface area contributed by atoms with Gasteiger partial charge in [0.05, 0.1) is 12.3 Å². The molecule has 0 spiro atoms. The smallest absolute Gasteiger partial charge is 0.326 e. The Morgan fingerprint density at radius 1 is 1.30 bits per heavy atom. The number of esters is 1. The van der Waals surface area contributed by atoms with Crippen LogP contribution < -0.4 is 5.01 Å². The molecule has 1 saturated heterocycles. The molecule has 30 heavy (non-hydrogen) atoms. The molecule has 2 aromatic heterocycles. The summed E-state index contributed by atoms with van der Waals surface area (Å²) in [6.07, 6.45) is 4.99. The molecular weight excluding hydrogens is 384 g/mol. The summed E-state index contributed by atoms with van der Waals surface area (Å²) in [5.41, 5.74) is 2.19. The Bertz CT molecular complexity index is 1150. The highest BCUT2D eigenvalue weighted by molar-refractivity contribution is 6.27. The van der Waals surface area contributed by atoms with Crippen molar-refractivity contribution in [1.29, 1.82) is 0 Å². The van der Waals surface area contributed by atoms with Gasteiger partial charge in [-0.1, -0.05) is 18.2 Å². The third-order valence-corrected chi connectivity index (χ3v) is 4.64. The van der Waals surface area contributed by atoms with Gasteiger partial charge in [-0.25, -0.2) is 4.98 Å². The van der Waals surface area contributed by atoms with Crippen LogP contribution in [0, 0.1) is 5.92 Å². The second kappa shape index (κ2) is 8.20. The fourth-order valence-corrected chi connectivity index (χ4v) is 3.18. The molecule has 0 aliphatic carbocycles. The van der Waals surface area contributed by atoms with Crippen molar-refractivity contribution in [2.24, 2.45) is 11.0 Å². The number of carbonyl (C=O) groups is 2. The number of H-pyrrole nitrogens is 1. The van der Waals surface area contributed by atoms with Gasteiger partial charge in [-0.3, -0.25) is 14.6 Å². The zero-order valence-electron chi connectivity index (χ0n) is 16.5. The maximum Gasteiger partial charge on any atom is 0.326 e. The van der Waals surface area contributed by atoms with Crippen molar-refractivity contribution in [2.75, 3.05) is 18.7 Å². The zero-order chi connectivity index (χ0) is 21.1. The monoisotopic (exact) mass is 404 g/mol. The molecule has 0 amide bonds. The first-order chi connectivity index (χ1) is 14.6. The number of fused-ring (bicyclic) bond motifs is 1. The van der Waals surface area contributed by atoms with E-state index in [0.717, 1.165) is 16.6 Å². The van der Waals surface area contributed by atoms with Gasteiger partial charge in [-0.2, -0.15) is 0 Å². The van der Waals surface area contributed by atoms with Gasteiger partial charge in [0.1, 0.15) is 5.65 Å². The molecule has 3 heterocycles. The number of ketones is 1. The van der Waals surface area contributed by atoms with Gasteiger partial charge in [0.2, 0.25) is 17.6 Å². The van der Waals surface area contributed by atoms with E-state index < -0.39 is 17.7 Å². The van der Waals surface area contributed by atoms with Crippen LogP contribution in [0.1, 0.15) is 12.5 Å². The van der Waals surface area contributed by atoms with Crippen LogP contribution in [0.15, 0.2) is 65.7 Å². The molecule has 0 bridgehead atoms. The lowest BCUT2D eigenvalue weighted by molar-refractivity contribution is -0.147. The topological polar surface area (TPSA) is 96.9 Å². The Labute approximate surface area is 172 Å². The Kier molecular flexibility index (Phi) is 5.30. The van der Waals surface area contributed by atoms with Crippen molar-refractivity contribution >= 4 is 40.4 Å². The third-order valence-electron chi connectivity index (χ3n) is 4.64. The van der Waals surface area contributed by atoms with Crippen LogP contribution in [-0.2, 0) is 19.1 Å². The van der Waals surface area contributed by atoms with E-state index in [0.29, 0.717) is 5.65 Å². The maximum atomic E-state index is 13.0. The van der Waals surface area contributed by atoms with Crippen molar-refractivity contribution in [3.8, 4) is 0 Å². The number of Topliss-reactive ketones (excluding diaryl/α,β-unsaturated/α-hetero) is 1. The van der Waals surface area contributed by atoms with Crippen LogP contribution >= 0.6 is 0 Å². The van der Waals surface area contributed by atoms with E-state index >= 15 is 0 Å². The van der Waals surface area contributed by atoms with E-state index in [9.17, 15) is 9.59 Å². The molecule has 1 unspecified atom stereocenters. The predicted octanol–water partition coefficient (Wildman–Crippen LogP) is 3.13. The maximum absolute atomic E-state index is 13.0. The standard InChI is InChI=1S/C22H20N4O4/c1-3-29-22(28)18-19(27)17(12-14-13-24-20-16(14)10-7-11-23-20)30-21(18)25-26(2)15-8-5-4-6-9-15/h4-13,18H,3H2,1-2H3,(H,23,24)/b17-12-,25-21-. The van der Waals surface area contributed by atoms with E-state index in [1.54, 1.807) is 43.5 Å². The van der Waals surface area contributed by atoms with Crippen molar-refractivity contribution in [3.05, 3.63) is 66.2 Å². The van der Waals surface area contributed by atoms with Crippen LogP contribution in [0.5, 0.6) is 0 Å². The van der Waals surface area contributed by atoms with Crippen molar-refractivity contribution in [1.82, 2.24) is 9.97 Å². The number of aromatic amines is 1. The Morgan fingerprint density at radius 3 is 2.87 bits per heavy atom. The van der Waals surface area contributed by atoms with Gasteiger partial charge in [0.15, 0.2) is 5.76 Å². The number of hydrazone groups is 1. The van der Waals surface area contributed by atoms with Crippen LogP contribution in [-0.4, -0.2) is 41.3 Å². The van der Waals surface area contributed by atoms with Crippen LogP contribution in [0.2, 0.25) is 0 Å². The first kappa shape index (κ1) is 19.4. The number of pyridine rings is 1. The number of hydrogen-bond acceptors (Lipinski definition) is 7. The Hall–Kier alpha value is -3.94. The summed E-state index contributed by atoms with van der Waals surface area (Å²) in [6, 6.07) is 13.0. The van der Waals surface area contributed by atoms with E-state index in [-0.39, 0.29) is 18.3 Å². The fourth-order valence-electron chi connectivity index (χ4n) is 3.18. The molecule has 1 atom stereocenters. The van der Waals surface area contributed by atoms with Crippen molar-refractivity contribution in [2.45, 2.75) is 6.92 Å². The Balaban J connectivity index is 1.71. The number of nitrogens with one attached hydrogen (secondary N) is 1. The van der Waals surface area contributed by atoms with Crippen LogP contribution in [0.4, 0.5) is 5.69 Å². The molecule has 1 aromatic carbocycles. The summed E-state index contributed by atoms with van der Waals surface area (Å²) in [5, 5.41) is 6.75. The highest BCUT2D eigenvalue weighted by Gasteiger charge is 2.45. The lowest BCUT2D eigenvalue weighted by Gasteiger charge is -2.14. The number of ether oxygens (including phenoxy) is 2. The quantitative estimate of drug-likeness (QED) is 0.304. The molecule has 1 N–H and O–H groups in total. The molecule has 152 valence electrons. The summed E-state index contributed by atoms with van der Waals surface area (Å²) in [5.74, 6) is -2.42. The second-order valence-electron chi connectivity index (χ2n) is 6.60. The van der Waals surface area contributed by atoms with Crippen molar-refractivity contribution in [3.63, 3.8) is 0 Å². The number of para-hydroxylation sites is 1. The first-order valence-corrected chi connectivity index (χ1v) is 9.48. The van der Waals surface area contributed by atoms with E-state index in [2.05, 4.69) is 15.1 Å². The molecule has 8 heteroatoms. The molecule has 0 radical (unpaired) electrons. The third kappa shape index (κ3) is 3.67. The van der Waals surface area contributed by atoms with E-state index in [1.165, 1.54) is 0 Å². The van der Waals surface area contributed by atoms with Gasteiger partial charge in [-0.15, -0.1) is 5.10 Å². The number of nitrogens with zero attached hydrogens (tertiary/aromatic N) is 3. The summed E-state index contributed by atoms with van der Waals surface area (Å²) in [7, 11) is 1.71. The van der Waals surface area contributed by atoms with Gasteiger partial charge in [0.25, 0.3) is 0 Å². The minimum absolute atomic E-state index is 0.0194. The van der Waals surface area contributed by atoms with Gasteiger partial charge in [0, 0.05) is 30.4 Å². The fraction of sp³-hybridized carbons (Fsp3) is 0.182. The highest BCUT2D eigenvalue weighted by Crippen LogP contribution is 2.28. The number of benzene rings is 1. The number of allylic oxidation sites excluding steroid dienone is 1. The minimum atomic E-state index is -1.24. The zero-order valence-corrected chi connectivity index (χ0v) is 16.5. The van der Waals surface area contributed by atoms with Gasteiger partial charge in [-0.05, 0) is 37.3 Å². The number of rotatable bonds is 5. The number of anilines is 1. The lowest BCUT2D eigenvalue weighted by Crippen LogP contribution is -2.29. The number of aromatic nitrogens is 2. The van der Waals surface area contributed by atoms with Crippen LogP contribution in [0.25, 0.3) is 17.1 Å². The average Bonchev–Trinajstić information content (AvgIpc) is 3.30. The number of hydrogen-bond donors (Lipinski definition) is 1. The van der Waals surface area contributed by atoms with Gasteiger partial charge >= 0.3 is 5.97 Å². The molecule has 3 aromatic rings. The van der Waals surface area contributed by atoms with Crippen molar-refractivity contribution < 1.29 is 19.1 Å². The summed E-state index contributed by atoms with van der Waals surface area (Å²) >= 11 is 0. The van der Waals surface area contributed by atoms with E-state index in [1.807, 2.05) is 36.4 Å². The molecule has 1 fully saturated rings. The number of carbonyl (C=O) groups excluding carboxylic acids is 2. The molecule has 1 aliphatic rings. The second-order valence-corrected chi connectivity index (χ2v) is 6.60. The minimum Gasteiger partial charge on any atom is -0.465 e. The molecule has 4 rings (SSSR count). The first-order valence-electron chi connectivity index (χ1n) is 9.48. The SMILES string of the molecule is CCOC(=O)C1C(=O)/C(=C/c2c[nH]c3ncccc23)O/C1=N\N(C)c1ccccc1. The summed E-state index contributed by atoms with van der Waals surface area (Å²) in [6.45, 7) is 1.83. The highest BCUT2D eigenvalue weighted by atomic mass is 16.5. The summed E-state index contributed by atoms with van der Waals surface area (Å²) in [4.78, 5) is 32.8. The Morgan fingerprint density at radius 2 is 2.10 bits per heavy atom. The summed E-state index contributed by atoms with van der Waals surface area (Å²) < 4.78 is 10.8. The molecule has 0 saturated carbocycles. The largest absolute Gasteiger partial charge is 0.465 e. The molecular formula is C22H20N4O4. The van der Waals surface area contributed by atoms with E-state index in [4.69, 9.17) is 9.47 Å². The lowest BCUT2D eigenvalue weighted by atomic mass is 10.0. The van der Waals surface area contributed by atoms with Gasteiger partial charge < -0.3 is 14.5 Å². The van der Waals surface area contributed by atoms with Crippen LogP contribution in [0.3, 0.4) is 0 Å². The molecule has 1 aliphatic heterocycles. The normalized spacial score (nSPS) is 18.7.